The average molecular weight is 124 g/mol. The minimum absolute atomic E-state index is 0.181. The molecule has 0 aliphatic carbocycles. The maximum Gasteiger partial charge on any atom is 0.157 e. The molecule has 0 saturated carbocycles. The normalized spacial score (nSPS) is 9.00. The molecule has 0 aliphatic rings. The van der Waals surface area contributed by atoms with Crippen LogP contribution in [0.15, 0.2) is 18.5 Å². The molecule has 3 nitrogen and oxygen atoms in total. The third-order valence-electron chi connectivity index (χ3n) is 1.07. The molecule has 0 amide bonds. The molecule has 0 bridgehead atoms. The Bertz CT molecular complexity index is 200. The second kappa shape index (κ2) is 2.35. The SMILES string of the molecule is CNc1ccncc1O. The Hall–Kier alpha value is -1.25. The van der Waals surface area contributed by atoms with Crippen molar-refractivity contribution in [3.8, 4) is 5.75 Å². The number of aromatic hydroxyl groups is 1. The Kier molecular flexibility index (Phi) is 1.53. The van der Waals surface area contributed by atoms with Gasteiger partial charge >= 0.3 is 0 Å². The minimum atomic E-state index is 0.181. The average Bonchev–Trinajstić information content (AvgIpc) is 1.89. The molecule has 0 aliphatic heterocycles. The molecule has 0 spiro atoms. The molecular weight excluding hydrogens is 116 g/mol. The molecule has 1 rings (SSSR count). The van der Waals surface area contributed by atoms with E-state index in [0.29, 0.717) is 5.69 Å². The number of hydrogen-bond acceptors (Lipinski definition) is 3. The molecule has 48 valence electrons. The fraction of sp³-hybridized carbons (Fsp3) is 0.167. The molecule has 2 N–H and O–H groups in total. The largest absolute Gasteiger partial charge is 0.504 e. The fourth-order valence-electron chi connectivity index (χ4n) is 0.598. The number of anilines is 1. The van der Waals surface area contributed by atoms with Crippen LogP contribution >= 0.6 is 0 Å². The lowest BCUT2D eigenvalue weighted by Gasteiger charge is -1.99. The summed E-state index contributed by atoms with van der Waals surface area (Å²) >= 11 is 0. The van der Waals surface area contributed by atoms with E-state index in [-0.39, 0.29) is 5.75 Å². The lowest BCUT2D eigenvalue weighted by Crippen LogP contribution is -1.87. The highest BCUT2D eigenvalue weighted by atomic mass is 16.3. The first-order chi connectivity index (χ1) is 4.34. The predicted octanol–water partition coefficient (Wildman–Crippen LogP) is 0.829. The third kappa shape index (κ3) is 1.10. The van der Waals surface area contributed by atoms with Crippen molar-refractivity contribution in [2.45, 2.75) is 0 Å². The molecule has 0 atom stereocenters. The van der Waals surface area contributed by atoms with Gasteiger partial charge in [-0.05, 0) is 6.07 Å². The topological polar surface area (TPSA) is 45.2 Å². The Morgan fingerprint density at radius 2 is 2.44 bits per heavy atom. The maximum atomic E-state index is 8.99. The zero-order chi connectivity index (χ0) is 6.69. The van der Waals surface area contributed by atoms with Gasteiger partial charge in [0, 0.05) is 13.2 Å². The van der Waals surface area contributed by atoms with E-state index < -0.39 is 0 Å². The van der Waals surface area contributed by atoms with Gasteiger partial charge in [0.1, 0.15) is 0 Å². The smallest absolute Gasteiger partial charge is 0.157 e. The summed E-state index contributed by atoms with van der Waals surface area (Å²) in [7, 11) is 1.75. The molecule has 1 aromatic rings. The van der Waals surface area contributed by atoms with Crippen LogP contribution in [0.3, 0.4) is 0 Å². The van der Waals surface area contributed by atoms with E-state index in [1.165, 1.54) is 6.20 Å². The van der Waals surface area contributed by atoms with E-state index in [4.69, 9.17) is 5.11 Å². The van der Waals surface area contributed by atoms with Gasteiger partial charge in [-0.1, -0.05) is 0 Å². The van der Waals surface area contributed by atoms with Crippen LogP contribution in [0.2, 0.25) is 0 Å². The van der Waals surface area contributed by atoms with Crippen molar-refractivity contribution in [1.29, 1.82) is 0 Å². The van der Waals surface area contributed by atoms with Crippen LogP contribution in [-0.4, -0.2) is 17.1 Å². The minimum Gasteiger partial charge on any atom is -0.504 e. The molecule has 0 saturated heterocycles. The van der Waals surface area contributed by atoms with Crippen molar-refractivity contribution in [3.63, 3.8) is 0 Å². The highest BCUT2D eigenvalue weighted by molar-refractivity contribution is 5.52. The molecule has 0 radical (unpaired) electrons. The second-order valence-electron chi connectivity index (χ2n) is 1.64. The molecule has 9 heavy (non-hydrogen) atoms. The maximum absolute atomic E-state index is 8.99. The first-order valence-electron chi connectivity index (χ1n) is 2.65. The van der Waals surface area contributed by atoms with Gasteiger partial charge in [-0.15, -0.1) is 0 Å². The monoisotopic (exact) mass is 124 g/mol. The van der Waals surface area contributed by atoms with Gasteiger partial charge in [0.25, 0.3) is 0 Å². The highest BCUT2D eigenvalue weighted by Gasteiger charge is 1.92. The van der Waals surface area contributed by atoms with Crippen LogP contribution in [0.5, 0.6) is 5.75 Å². The van der Waals surface area contributed by atoms with Crippen molar-refractivity contribution in [1.82, 2.24) is 4.98 Å². The summed E-state index contributed by atoms with van der Waals surface area (Å²) in [6, 6.07) is 1.70. The first kappa shape index (κ1) is 5.88. The van der Waals surface area contributed by atoms with Gasteiger partial charge < -0.3 is 10.4 Å². The molecule has 0 unspecified atom stereocenters. The van der Waals surface area contributed by atoms with Gasteiger partial charge in [0.2, 0.25) is 0 Å². The van der Waals surface area contributed by atoms with E-state index in [2.05, 4.69) is 10.3 Å². The second-order valence-corrected chi connectivity index (χ2v) is 1.64. The van der Waals surface area contributed by atoms with Crippen LogP contribution in [0, 0.1) is 0 Å². The molecular formula is C6H8N2O. The predicted molar refractivity (Wildman–Crippen MR) is 35.4 cm³/mol. The van der Waals surface area contributed by atoms with Crippen molar-refractivity contribution in [3.05, 3.63) is 18.5 Å². The Morgan fingerprint density at radius 1 is 1.67 bits per heavy atom. The fourth-order valence-corrected chi connectivity index (χ4v) is 0.598. The Morgan fingerprint density at radius 3 is 2.89 bits per heavy atom. The van der Waals surface area contributed by atoms with Crippen LogP contribution in [0.25, 0.3) is 0 Å². The lowest BCUT2D eigenvalue weighted by molar-refractivity contribution is 0.475. The summed E-state index contributed by atoms with van der Waals surface area (Å²) in [6.07, 6.45) is 3.01. The Balaban J connectivity index is 3.01. The number of nitrogens with one attached hydrogen (secondary N) is 1. The molecule has 1 heterocycles. The summed E-state index contributed by atoms with van der Waals surface area (Å²) in [5.74, 6) is 0.181. The van der Waals surface area contributed by atoms with E-state index in [1.54, 1.807) is 19.3 Å². The summed E-state index contributed by atoms with van der Waals surface area (Å²) in [5, 5.41) is 11.8. The van der Waals surface area contributed by atoms with Gasteiger partial charge in [-0.3, -0.25) is 4.98 Å². The van der Waals surface area contributed by atoms with Crippen molar-refractivity contribution in [2.24, 2.45) is 0 Å². The molecule has 0 fully saturated rings. The number of aromatic nitrogens is 1. The Labute approximate surface area is 53.4 Å². The van der Waals surface area contributed by atoms with Crippen LogP contribution in [0.1, 0.15) is 0 Å². The van der Waals surface area contributed by atoms with Gasteiger partial charge in [0.15, 0.2) is 5.75 Å². The van der Waals surface area contributed by atoms with Crippen LogP contribution in [-0.2, 0) is 0 Å². The lowest BCUT2D eigenvalue weighted by atomic mass is 10.4. The van der Waals surface area contributed by atoms with Crippen molar-refractivity contribution < 1.29 is 5.11 Å². The summed E-state index contributed by atoms with van der Waals surface area (Å²) in [5.41, 5.74) is 0.699. The van der Waals surface area contributed by atoms with Crippen molar-refractivity contribution in [2.75, 3.05) is 12.4 Å². The summed E-state index contributed by atoms with van der Waals surface area (Å²) < 4.78 is 0. The summed E-state index contributed by atoms with van der Waals surface area (Å²) in [6.45, 7) is 0. The molecule has 1 aromatic heterocycles. The van der Waals surface area contributed by atoms with Crippen LogP contribution in [0.4, 0.5) is 5.69 Å². The quantitative estimate of drug-likeness (QED) is 0.582. The van der Waals surface area contributed by atoms with E-state index in [0.717, 1.165) is 0 Å². The third-order valence-corrected chi connectivity index (χ3v) is 1.07. The van der Waals surface area contributed by atoms with E-state index in [9.17, 15) is 0 Å². The first-order valence-corrected chi connectivity index (χ1v) is 2.65. The number of nitrogens with zero attached hydrogens (tertiary/aromatic N) is 1. The number of hydrogen-bond donors (Lipinski definition) is 2. The zero-order valence-electron chi connectivity index (χ0n) is 5.13. The van der Waals surface area contributed by atoms with Gasteiger partial charge in [-0.25, -0.2) is 0 Å². The molecule has 0 aromatic carbocycles. The zero-order valence-corrected chi connectivity index (χ0v) is 5.13. The molecule has 3 heteroatoms. The number of pyridine rings is 1. The summed E-state index contributed by atoms with van der Waals surface area (Å²) in [4.78, 5) is 3.70. The standard InChI is InChI=1S/C6H8N2O/c1-7-5-2-3-8-4-6(5)9/h2-4,9H,1H3,(H,7,8). The highest BCUT2D eigenvalue weighted by Crippen LogP contribution is 2.18. The van der Waals surface area contributed by atoms with Crippen molar-refractivity contribution >= 4 is 5.69 Å². The van der Waals surface area contributed by atoms with Crippen LogP contribution < -0.4 is 5.32 Å². The van der Waals surface area contributed by atoms with E-state index >= 15 is 0 Å². The van der Waals surface area contributed by atoms with Gasteiger partial charge in [0.05, 0.1) is 11.9 Å². The number of rotatable bonds is 1. The van der Waals surface area contributed by atoms with Gasteiger partial charge in [-0.2, -0.15) is 0 Å². The van der Waals surface area contributed by atoms with E-state index in [1.807, 2.05) is 0 Å².